The Bertz CT molecular complexity index is 503. The van der Waals surface area contributed by atoms with Crippen molar-refractivity contribution in [2.24, 2.45) is 0 Å². The maximum atomic E-state index is 11.5. The molecule has 0 aliphatic carbocycles. The molecule has 3 heteroatoms. The molecular weight excluding hydrogens is 190 g/mol. The van der Waals surface area contributed by atoms with Gasteiger partial charge >= 0.3 is 0 Å². The highest BCUT2D eigenvalue weighted by atomic mass is 16.5. The molecule has 0 unspecified atom stereocenters. The van der Waals surface area contributed by atoms with Crippen molar-refractivity contribution in [1.82, 2.24) is 4.98 Å². The van der Waals surface area contributed by atoms with Crippen LogP contribution in [0.15, 0.2) is 47.4 Å². The summed E-state index contributed by atoms with van der Waals surface area (Å²) in [5.41, 5.74) is 0.612. The summed E-state index contributed by atoms with van der Waals surface area (Å²) in [6.07, 6.45) is 1.61. The predicted molar refractivity (Wildman–Crippen MR) is 58.3 cm³/mol. The molecule has 0 aliphatic heterocycles. The molecule has 0 fully saturated rings. The minimum absolute atomic E-state index is 0.209. The quantitative estimate of drug-likeness (QED) is 0.811. The molecule has 0 aliphatic rings. The van der Waals surface area contributed by atoms with Crippen molar-refractivity contribution in [2.45, 2.75) is 6.92 Å². The maximum Gasteiger partial charge on any atom is 0.291 e. The summed E-state index contributed by atoms with van der Waals surface area (Å²) >= 11 is 0. The van der Waals surface area contributed by atoms with Crippen LogP contribution in [-0.4, -0.2) is 4.98 Å². The van der Waals surface area contributed by atoms with Gasteiger partial charge in [-0.05, 0) is 30.7 Å². The molecule has 0 amide bonds. The van der Waals surface area contributed by atoms with Crippen LogP contribution in [-0.2, 0) is 0 Å². The standard InChI is InChI=1S/C12H11NO2/c1-9-7-8-13-12(14)11(9)15-10-5-3-2-4-6-10/h2-8H,1H3,(H,13,14). The van der Waals surface area contributed by atoms with Crippen LogP contribution in [0.3, 0.4) is 0 Å². The lowest BCUT2D eigenvalue weighted by molar-refractivity contribution is 0.471. The van der Waals surface area contributed by atoms with Crippen molar-refractivity contribution in [3.05, 3.63) is 58.5 Å². The first-order valence-corrected chi connectivity index (χ1v) is 4.68. The second-order valence-electron chi connectivity index (χ2n) is 3.23. The number of aromatic nitrogens is 1. The first-order valence-electron chi connectivity index (χ1n) is 4.68. The van der Waals surface area contributed by atoms with Crippen LogP contribution in [0.1, 0.15) is 5.56 Å². The number of pyridine rings is 1. The Kier molecular flexibility index (Phi) is 2.54. The number of benzene rings is 1. The Morgan fingerprint density at radius 1 is 1.13 bits per heavy atom. The van der Waals surface area contributed by atoms with Crippen molar-refractivity contribution < 1.29 is 4.74 Å². The van der Waals surface area contributed by atoms with Gasteiger partial charge in [-0.3, -0.25) is 4.79 Å². The first kappa shape index (κ1) is 9.52. The lowest BCUT2D eigenvalue weighted by Gasteiger charge is -2.06. The number of aryl methyl sites for hydroxylation is 1. The number of hydrogen-bond donors (Lipinski definition) is 1. The van der Waals surface area contributed by atoms with E-state index in [1.165, 1.54) is 0 Å². The van der Waals surface area contributed by atoms with Gasteiger partial charge in [-0.1, -0.05) is 18.2 Å². The van der Waals surface area contributed by atoms with Gasteiger partial charge in [0.05, 0.1) is 0 Å². The fraction of sp³-hybridized carbons (Fsp3) is 0.0833. The zero-order valence-electron chi connectivity index (χ0n) is 8.36. The van der Waals surface area contributed by atoms with E-state index in [0.29, 0.717) is 11.5 Å². The number of aromatic amines is 1. The summed E-state index contributed by atoms with van der Waals surface area (Å²) in [6, 6.07) is 11.1. The lowest BCUT2D eigenvalue weighted by atomic mass is 10.3. The Morgan fingerprint density at radius 3 is 2.53 bits per heavy atom. The van der Waals surface area contributed by atoms with Crippen LogP contribution in [0.2, 0.25) is 0 Å². The van der Waals surface area contributed by atoms with E-state index in [0.717, 1.165) is 5.56 Å². The van der Waals surface area contributed by atoms with Gasteiger partial charge in [-0.25, -0.2) is 0 Å². The third kappa shape index (κ3) is 2.07. The summed E-state index contributed by atoms with van der Waals surface area (Å²) in [5.74, 6) is 1.01. The number of rotatable bonds is 2. The average molecular weight is 201 g/mol. The van der Waals surface area contributed by atoms with Gasteiger partial charge in [0, 0.05) is 6.20 Å². The Morgan fingerprint density at radius 2 is 1.87 bits per heavy atom. The van der Waals surface area contributed by atoms with Crippen LogP contribution in [0.25, 0.3) is 0 Å². The molecule has 2 rings (SSSR count). The maximum absolute atomic E-state index is 11.5. The van der Waals surface area contributed by atoms with E-state index in [1.807, 2.05) is 37.3 Å². The summed E-state index contributed by atoms with van der Waals surface area (Å²) in [7, 11) is 0. The van der Waals surface area contributed by atoms with Gasteiger partial charge < -0.3 is 9.72 Å². The van der Waals surface area contributed by atoms with E-state index < -0.39 is 0 Å². The largest absolute Gasteiger partial charge is 0.451 e. The molecule has 76 valence electrons. The van der Waals surface area contributed by atoms with Crippen LogP contribution in [0.4, 0.5) is 0 Å². The van der Waals surface area contributed by atoms with Gasteiger partial charge in [-0.15, -0.1) is 0 Å². The minimum Gasteiger partial charge on any atom is -0.451 e. The van der Waals surface area contributed by atoms with Gasteiger partial charge in [0.1, 0.15) is 5.75 Å². The van der Waals surface area contributed by atoms with Gasteiger partial charge in [-0.2, -0.15) is 0 Å². The van der Waals surface area contributed by atoms with E-state index in [2.05, 4.69) is 4.98 Å². The molecule has 1 heterocycles. The summed E-state index contributed by atoms with van der Waals surface area (Å²) in [4.78, 5) is 14.0. The Balaban J connectivity index is 2.37. The van der Waals surface area contributed by atoms with Gasteiger partial charge in [0.15, 0.2) is 5.75 Å². The predicted octanol–water partition coefficient (Wildman–Crippen LogP) is 2.48. The van der Waals surface area contributed by atoms with E-state index >= 15 is 0 Å². The topological polar surface area (TPSA) is 42.1 Å². The van der Waals surface area contributed by atoms with E-state index in [-0.39, 0.29) is 5.56 Å². The second-order valence-corrected chi connectivity index (χ2v) is 3.23. The fourth-order valence-electron chi connectivity index (χ4n) is 1.30. The summed E-state index contributed by atoms with van der Waals surface area (Å²) < 4.78 is 5.50. The lowest BCUT2D eigenvalue weighted by Crippen LogP contribution is -2.09. The van der Waals surface area contributed by atoms with E-state index in [4.69, 9.17) is 4.74 Å². The molecule has 1 aromatic carbocycles. The van der Waals surface area contributed by atoms with Crippen molar-refractivity contribution in [3.8, 4) is 11.5 Å². The average Bonchev–Trinajstić information content (AvgIpc) is 2.25. The molecule has 0 bridgehead atoms. The van der Waals surface area contributed by atoms with Crippen molar-refractivity contribution >= 4 is 0 Å². The molecule has 1 N–H and O–H groups in total. The number of para-hydroxylation sites is 1. The summed E-state index contributed by atoms with van der Waals surface area (Å²) in [5, 5.41) is 0. The number of hydrogen-bond acceptors (Lipinski definition) is 2. The van der Waals surface area contributed by atoms with E-state index in [9.17, 15) is 4.79 Å². The van der Waals surface area contributed by atoms with Crippen molar-refractivity contribution in [1.29, 1.82) is 0 Å². The van der Waals surface area contributed by atoms with E-state index in [1.54, 1.807) is 12.3 Å². The minimum atomic E-state index is -0.209. The van der Waals surface area contributed by atoms with Crippen LogP contribution in [0, 0.1) is 6.92 Å². The molecule has 1 aromatic heterocycles. The number of ether oxygens (including phenoxy) is 1. The zero-order valence-corrected chi connectivity index (χ0v) is 8.36. The molecule has 0 atom stereocenters. The van der Waals surface area contributed by atoms with Crippen LogP contribution >= 0.6 is 0 Å². The summed E-state index contributed by atoms with van der Waals surface area (Å²) in [6.45, 7) is 1.84. The highest BCUT2D eigenvalue weighted by Gasteiger charge is 2.04. The highest BCUT2D eigenvalue weighted by Crippen LogP contribution is 2.19. The molecule has 15 heavy (non-hydrogen) atoms. The second kappa shape index (κ2) is 4.00. The Labute approximate surface area is 87.3 Å². The normalized spacial score (nSPS) is 9.93. The third-order valence-corrected chi connectivity index (χ3v) is 2.08. The molecule has 0 saturated heterocycles. The van der Waals surface area contributed by atoms with Crippen LogP contribution in [0.5, 0.6) is 11.5 Å². The molecular formula is C12H11NO2. The number of nitrogens with one attached hydrogen (secondary N) is 1. The Hall–Kier alpha value is -2.03. The smallest absolute Gasteiger partial charge is 0.291 e. The highest BCUT2D eigenvalue weighted by molar-refractivity contribution is 5.34. The van der Waals surface area contributed by atoms with Crippen molar-refractivity contribution in [3.63, 3.8) is 0 Å². The number of H-pyrrole nitrogens is 1. The molecule has 0 spiro atoms. The monoisotopic (exact) mass is 201 g/mol. The molecule has 3 nitrogen and oxygen atoms in total. The first-order chi connectivity index (χ1) is 7.27. The van der Waals surface area contributed by atoms with Gasteiger partial charge in [0.25, 0.3) is 5.56 Å². The molecule has 2 aromatic rings. The third-order valence-electron chi connectivity index (χ3n) is 2.08. The van der Waals surface area contributed by atoms with Crippen LogP contribution < -0.4 is 10.3 Å². The van der Waals surface area contributed by atoms with Gasteiger partial charge in [0.2, 0.25) is 0 Å². The SMILES string of the molecule is Cc1cc[nH]c(=O)c1Oc1ccccc1. The fourth-order valence-corrected chi connectivity index (χ4v) is 1.30. The molecule has 0 saturated carbocycles. The molecule has 0 radical (unpaired) electrons. The zero-order chi connectivity index (χ0) is 10.7. The van der Waals surface area contributed by atoms with Crippen molar-refractivity contribution in [2.75, 3.05) is 0 Å².